The zero-order valence-corrected chi connectivity index (χ0v) is 18.5. The van der Waals surface area contributed by atoms with Crippen molar-refractivity contribution < 1.29 is 17.9 Å². The average molecular weight is 419 g/mol. The molecule has 0 saturated heterocycles. The van der Waals surface area contributed by atoms with Crippen molar-refractivity contribution in [2.45, 2.75) is 51.5 Å². The van der Waals surface area contributed by atoms with Crippen LogP contribution in [0.25, 0.3) is 0 Å². The minimum atomic E-state index is -3.58. The molecule has 0 radical (unpaired) electrons. The lowest BCUT2D eigenvalue weighted by atomic mass is 10.0. The third-order valence-electron chi connectivity index (χ3n) is 4.89. The second-order valence-electron chi connectivity index (χ2n) is 7.28. The fraction of sp³-hybridized carbons (Fsp3) is 0.409. The van der Waals surface area contributed by atoms with Gasteiger partial charge in [-0.25, -0.2) is 13.1 Å². The first kappa shape index (κ1) is 22.9. The van der Waals surface area contributed by atoms with E-state index in [9.17, 15) is 13.2 Å². The Morgan fingerprint density at radius 1 is 1.07 bits per heavy atom. The highest BCUT2D eigenvalue weighted by Crippen LogP contribution is 2.26. The summed E-state index contributed by atoms with van der Waals surface area (Å²) in [4.78, 5) is 12.5. The van der Waals surface area contributed by atoms with Crippen LogP contribution in [0.15, 0.2) is 41.3 Å². The van der Waals surface area contributed by atoms with Crippen molar-refractivity contribution in [3.05, 3.63) is 58.7 Å². The van der Waals surface area contributed by atoms with E-state index in [1.54, 1.807) is 25.3 Å². The molecule has 158 valence electrons. The number of carbonyl (C=O) groups is 1. The molecule has 0 aliphatic carbocycles. The number of carbonyl (C=O) groups excluding carboxylic acids is 1. The Balaban J connectivity index is 1.85. The molecule has 2 aromatic rings. The summed E-state index contributed by atoms with van der Waals surface area (Å²) in [7, 11) is -1.97. The maximum absolute atomic E-state index is 12.4. The maximum atomic E-state index is 12.4. The molecule has 1 atom stereocenters. The molecular weight excluding hydrogens is 388 g/mol. The Labute approximate surface area is 173 Å². The summed E-state index contributed by atoms with van der Waals surface area (Å²) in [6, 6.07) is 10.7. The molecule has 2 N–H and O–H groups in total. The molecule has 0 aliphatic rings. The van der Waals surface area contributed by atoms with Crippen LogP contribution < -0.4 is 14.8 Å². The summed E-state index contributed by atoms with van der Waals surface area (Å²) < 4.78 is 32.7. The van der Waals surface area contributed by atoms with Crippen LogP contribution in [0.3, 0.4) is 0 Å². The molecule has 0 heterocycles. The Kier molecular flexibility index (Phi) is 7.81. The largest absolute Gasteiger partial charge is 0.496 e. The third-order valence-corrected chi connectivity index (χ3v) is 6.35. The maximum Gasteiger partial charge on any atom is 0.240 e. The van der Waals surface area contributed by atoms with Gasteiger partial charge in [0.1, 0.15) is 5.75 Å². The third kappa shape index (κ3) is 6.30. The van der Waals surface area contributed by atoms with Crippen molar-refractivity contribution in [3.63, 3.8) is 0 Å². The predicted octanol–water partition coefficient (Wildman–Crippen LogP) is 3.56. The number of hydrogen-bond donors (Lipinski definition) is 2. The molecule has 1 amide bonds. The molecule has 0 bridgehead atoms. The minimum Gasteiger partial charge on any atom is -0.496 e. The van der Waals surface area contributed by atoms with E-state index in [1.807, 2.05) is 45.9 Å². The molecule has 0 fully saturated rings. The summed E-state index contributed by atoms with van der Waals surface area (Å²) in [6.07, 6.45) is 0.640. The normalized spacial score (nSPS) is 12.4. The molecule has 6 nitrogen and oxygen atoms in total. The van der Waals surface area contributed by atoms with E-state index in [4.69, 9.17) is 4.74 Å². The van der Waals surface area contributed by atoms with Gasteiger partial charge in [0.25, 0.3) is 0 Å². The number of aryl methyl sites for hydroxylation is 3. The Hall–Kier alpha value is -2.38. The summed E-state index contributed by atoms with van der Waals surface area (Å²) in [6.45, 7) is 7.90. The van der Waals surface area contributed by atoms with Crippen LogP contribution in [0.4, 0.5) is 0 Å². The van der Waals surface area contributed by atoms with Gasteiger partial charge in [-0.1, -0.05) is 23.8 Å². The van der Waals surface area contributed by atoms with Crippen molar-refractivity contribution in [2.75, 3.05) is 13.7 Å². The number of rotatable bonds is 9. The number of amides is 1. The first-order valence-corrected chi connectivity index (χ1v) is 11.1. The zero-order chi connectivity index (χ0) is 21.6. The Morgan fingerprint density at radius 2 is 1.79 bits per heavy atom. The van der Waals surface area contributed by atoms with Crippen LogP contribution in [-0.2, 0) is 14.8 Å². The quantitative estimate of drug-likeness (QED) is 0.610. The van der Waals surface area contributed by atoms with Gasteiger partial charge in [-0.3, -0.25) is 4.79 Å². The van der Waals surface area contributed by atoms with E-state index < -0.39 is 10.0 Å². The van der Waals surface area contributed by atoms with Crippen molar-refractivity contribution >= 4 is 15.9 Å². The summed E-state index contributed by atoms with van der Waals surface area (Å²) in [5.41, 5.74) is 3.96. The number of nitrogens with one attached hydrogen (secondary N) is 2. The Bertz CT molecular complexity index is 971. The molecule has 0 unspecified atom stereocenters. The number of ether oxygens (including phenoxy) is 1. The lowest BCUT2D eigenvalue weighted by Crippen LogP contribution is -2.29. The lowest BCUT2D eigenvalue weighted by Gasteiger charge is -2.18. The molecule has 2 rings (SSSR count). The van der Waals surface area contributed by atoms with Crippen LogP contribution in [-0.4, -0.2) is 28.0 Å². The molecule has 0 saturated carbocycles. The van der Waals surface area contributed by atoms with Crippen molar-refractivity contribution in [3.8, 4) is 5.75 Å². The Morgan fingerprint density at radius 3 is 2.45 bits per heavy atom. The highest BCUT2D eigenvalue weighted by atomic mass is 32.2. The number of benzene rings is 2. The summed E-state index contributed by atoms with van der Waals surface area (Å²) in [5, 5.41) is 2.94. The van der Waals surface area contributed by atoms with E-state index >= 15 is 0 Å². The first-order chi connectivity index (χ1) is 13.6. The zero-order valence-electron chi connectivity index (χ0n) is 17.7. The van der Waals surface area contributed by atoms with Gasteiger partial charge in [0, 0.05) is 18.5 Å². The van der Waals surface area contributed by atoms with Crippen molar-refractivity contribution in [2.24, 2.45) is 0 Å². The fourth-order valence-corrected chi connectivity index (χ4v) is 4.16. The topological polar surface area (TPSA) is 84.5 Å². The fourth-order valence-electron chi connectivity index (χ4n) is 3.00. The number of sulfonamides is 1. The van der Waals surface area contributed by atoms with E-state index in [0.717, 1.165) is 28.0 Å². The molecule has 29 heavy (non-hydrogen) atoms. The van der Waals surface area contributed by atoms with Crippen LogP contribution >= 0.6 is 0 Å². The lowest BCUT2D eigenvalue weighted by molar-refractivity contribution is -0.121. The van der Waals surface area contributed by atoms with Gasteiger partial charge in [0.2, 0.25) is 15.9 Å². The minimum absolute atomic E-state index is 0.133. The molecule has 0 spiro atoms. The smallest absolute Gasteiger partial charge is 0.240 e. The van der Waals surface area contributed by atoms with Crippen LogP contribution in [0.5, 0.6) is 5.75 Å². The van der Waals surface area contributed by atoms with E-state index in [0.29, 0.717) is 6.42 Å². The standard InChI is InChI=1S/C22H30N2O4S/c1-15-8-11-21(28-5)20(13-15)18(4)24-22(25)7-6-12-23-29(26,27)19-10-9-16(2)17(3)14-19/h8-11,13-14,18,23H,6-7,12H2,1-5H3,(H,24,25)/t18-/m1/s1. The van der Waals surface area contributed by atoms with Gasteiger partial charge in [0.15, 0.2) is 0 Å². The highest BCUT2D eigenvalue weighted by Gasteiger charge is 2.16. The second-order valence-corrected chi connectivity index (χ2v) is 9.05. The second kappa shape index (κ2) is 9.89. The monoisotopic (exact) mass is 418 g/mol. The van der Waals surface area contributed by atoms with E-state index in [-0.39, 0.29) is 29.8 Å². The highest BCUT2D eigenvalue weighted by molar-refractivity contribution is 7.89. The predicted molar refractivity (Wildman–Crippen MR) is 115 cm³/mol. The average Bonchev–Trinajstić information content (AvgIpc) is 2.67. The number of methoxy groups -OCH3 is 1. The van der Waals surface area contributed by atoms with Gasteiger partial charge in [-0.2, -0.15) is 0 Å². The molecule has 0 aliphatic heterocycles. The van der Waals surface area contributed by atoms with Crippen LogP contribution in [0, 0.1) is 20.8 Å². The van der Waals surface area contributed by atoms with E-state index in [2.05, 4.69) is 10.0 Å². The van der Waals surface area contributed by atoms with Crippen molar-refractivity contribution in [1.82, 2.24) is 10.0 Å². The van der Waals surface area contributed by atoms with Gasteiger partial charge in [-0.05, 0) is 63.4 Å². The molecule has 0 aromatic heterocycles. The van der Waals surface area contributed by atoms with E-state index in [1.165, 1.54) is 0 Å². The van der Waals surface area contributed by atoms with Gasteiger partial charge in [-0.15, -0.1) is 0 Å². The first-order valence-electron chi connectivity index (χ1n) is 9.65. The van der Waals surface area contributed by atoms with Gasteiger partial charge >= 0.3 is 0 Å². The molecule has 2 aromatic carbocycles. The number of hydrogen-bond acceptors (Lipinski definition) is 4. The molecule has 7 heteroatoms. The van der Waals surface area contributed by atoms with Crippen LogP contribution in [0.2, 0.25) is 0 Å². The summed E-state index contributed by atoms with van der Waals surface area (Å²) in [5.74, 6) is 0.594. The van der Waals surface area contributed by atoms with Crippen LogP contribution in [0.1, 0.15) is 48.1 Å². The summed E-state index contributed by atoms with van der Waals surface area (Å²) >= 11 is 0. The SMILES string of the molecule is COc1ccc(C)cc1[C@@H](C)NC(=O)CCCNS(=O)(=O)c1ccc(C)c(C)c1. The van der Waals surface area contributed by atoms with Gasteiger partial charge in [0.05, 0.1) is 18.0 Å². The van der Waals surface area contributed by atoms with Gasteiger partial charge < -0.3 is 10.1 Å². The van der Waals surface area contributed by atoms with Crippen molar-refractivity contribution in [1.29, 1.82) is 0 Å². The molecular formula is C22H30N2O4S.